The quantitative estimate of drug-likeness (QED) is 0.581. The van der Waals surface area contributed by atoms with Gasteiger partial charge < -0.3 is 4.98 Å². The highest BCUT2D eigenvalue weighted by atomic mass is 32.1. The summed E-state index contributed by atoms with van der Waals surface area (Å²) in [4.78, 5) is 17.3. The largest absolute Gasteiger partial charge is 0.331 e. The predicted molar refractivity (Wildman–Crippen MR) is 120 cm³/mol. The molecule has 2 aromatic carbocycles. The van der Waals surface area contributed by atoms with Gasteiger partial charge in [-0.2, -0.15) is 0 Å². The van der Waals surface area contributed by atoms with Gasteiger partial charge in [0.15, 0.2) is 4.77 Å². The third-order valence-corrected chi connectivity index (χ3v) is 7.13. The van der Waals surface area contributed by atoms with Gasteiger partial charge in [0.2, 0.25) is 0 Å². The summed E-state index contributed by atoms with van der Waals surface area (Å²) < 4.78 is 2.33. The van der Waals surface area contributed by atoms with Crippen molar-refractivity contribution < 1.29 is 0 Å². The molecule has 29 heavy (non-hydrogen) atoms. The van der Waals surface area contributed by atoms with Crippen LogP contribution in [0.5, 0.6) is 0 Å². The second kappa shape index (κ2) is 7.42. The topological polar surface area (TPSA) is 37.8 Å². The second-order valence-electron chi connectivity index (χ2n) is 8.55. The van der Waals surface area contributed by atoms with Gasteiger partial charge in [0, 0.05) is 23.1 Å². The lowest BCUT2D eigenvalue weighted by Crippen LogP contribution is -2.43. The Morgan fingerprint density at radius 3 is 2.48 bits per heavy atom. The number of hydrogen-bond donors (Lipinski definition) is 1. The Labute approximate surface area is 176 Å². The molecule has 1 N–H and O–H groups in total. The first-order chi connectivity index (χ1) is 14.2. The Balaban J connectivity index is 1.65. The molecule has 2 aliphatic rings. The molecule has 0 unspecified atom stereocenters. The molecule has 148 valence electrons. The van der Waals surface area contributed by atoms with Crippen LogP contribution in [0.25, 0.3) is 11.3 Å². The van der Waals surface area contributed by atoms with Crippen molar-refractivity contribution in [2.24, 2.45) is 0 Å². The standard InChI is InChI=1S/C25H26N2OS/c28-23-21-22(26-24(29)27(23)16-13-18-9-3-1-4-10-18)20-12-6-5-11-19(20)17-25(21)14-7-2-8-15-25/h1,3-6,9-12H,2,7-8,13-17H2,(H,26,29). The van der Waals surface area contributed by atoms with Gasteiger partial charge in [0.05, 0.1) is 5.69 Å². The third kappa shape index (κ3) is 3.20. The normalized spacial score (nSPS) is 17.0. The predicted octanol–water partition coefficient (Wildman–Crippen LogP) is 5.57. The first kappa shape index (κ1) is 18.6. The number of benzene rings is 2. The summed E-state index contributed by atoms with van der Waals surface area (Å²) in [7, 11) is 0. The summed E-state index contributed by atoms with van der Waals surface area (Å²) in [5.41, 5.74) is 5.75. The molecule has 1 aromatic heterocycles. The van der Waals surface area contributed by atoms with E-state index in [9.17, 15) is 4.79 Å². The molecule has 1 heterocycles. The van der Waals surface area contributed by atoms with Crippen LogP contribution in [0.15, 0.2) is 59.4 Å². The number of rotatable bonds is 3. The van der Waals surface area contributed by atoms with E-state index in [4.69, 9.17) is 12.2 Å². The van der Waals surface area contributed by atoms with Crippen LogP contribution < -0.4 is 5.56 Å². The zero-order chi connectivity index (χ0) is 19.8. The number of aromatic amines is 1. The minimum absolute atomic E-state index is 0.0486. The number of aryl methyl sites for hydroxylation is 1. The van der Waals surface area contributed by atoms with Gasteiger partial charge in [-0.05, 0) is 49.0 Å². The molecule has 1 fully saturated rings. The molecular weight excluding hydrogens is 376 g/mol. The van der Waals surface area contributed by atoms with Crippen LogP contribution in [0.3, 0.4) is 0 Å². The van der Waals surface area contributed by atoms with E-state index in [0.717, 1.165) is 42.5 Å². The fourth-order valence-electron chi connectivity index (χ4n) is 5.38. The van der Waals surface area contributed by atoms with Gasteiger partial charge in [0.25, 0.3) is 5.56 Å². The van der Waals surface area contributed by atoms with Gasteiger partial charge in [-0.3, -0.25) is 9.36 Å². The summed E-state index contributed by atoms with van der Waals surface area (Å²) in [5.74, 6) is 0. The first-order valence-electron chi connectivity index (χ1n) is 10.7. The van der Waals surface area contributed by atoms with Gasteiger partial charge in [0.1, 0.15) is 0 Å². The molecule has 0 saturated heterocycles. The molecule has 0 bridgehead atoms. The van der Waals surface area contributed by atoms with Crippen LogP contribution in [-0.2, 0) is 24.8 Å². The smallest absolute Gasteiger partial charge is 0.258 e. The molecule has 0 atom stereocenters. The van der Waals surface area contributed by atoms with Crippen LogP contribution in [0.1, 0.15) is 48.8 Å². The van der Waals surface area contributed by atoms with Crippen LogP contribution in [0, 0.1) is 4.77 Å². The lowest BCUT2D eigenvalue weighted by molar-refractivity contribution is 0.283. The number of aromatic nitrogens is 2. The number of nitrogens with one attached hydrogen (secondary N) is 1. The SMILES string of the molecule is O=c1c2c([nH]c(=S)n1CCc1ccccc1)-c1ccccc1CC21CCCCC1. The molecule has 3 aromatic rings. The summed E-state index contributed by atoms with van der Waals surface area (Å²) in [5, 5.41) is 0. The van der Waals surface area contributed by atoms with Crippen molar-refractivity contribution in [3.8, 4) is 11.3 Å². The van der Waals surface area contributed by atoms with Crippen molar-refractivity contribution in [3.63, 3.8) is 0 Å². The monoisotopic (exact) mass is 402 g/mol. The van der Waals surface area contributed by atoms with E-state index in [-0.39, 0.29) is 11.0 Å². The highest BCUT2D eigenvalue weighted by Crippen LogP contribution is 2.48. The second-order valence-corrected chi connectivity index (χ2v) is 8.93. The minimum atomic E-state index is -0.0486. The lowest BCUT2D eigenvalue weighted by Gasteiger charge is -2.42. The fraction of sp³-hybridized carbons (Fsp3) is 0.360. The molecule has 1 spiro atoms. The molecule has 0 radical (unpaired) electrons. The summed E-state index contributed by atoms with van der Waals surface area (Å²) in [6, 6.07) is 18.8. The maximum absolute atomic E-state index is 13.8. The minimum Gasteiger partial charge on any atom is -0.331 e. The van der Waals surface area contributed by atoms with Crippen LogP contribution in [0.4, 0.5) is 0 Å². The summed E-state index contributed by atoms with van der Waals surface area (Å²) >= 11 is 5.67. The number of fused-ring (bicyclic) bond motifs is 4. The van der Waals surface area contributed by atoms with E-state index in [0.29, 0.717) is 11.3 Å². The van der Waals surface area contributed by atoms with Crippen LogP contribution in [0.2, 0.25) is 0 Å². The van der Waals surface area contributed by atoms with E-state index in [1.165, 1.54) is 30.4 Å². The molecular formula is C25H26N2OS. The molecule has 3 nitrogen and oxygen atoms in total. The van der Waals surface area contributed by atoms with E-state index >= 15 is 0 Å². The average Bonchev–Trinajstić information content (AvgIpc) is 2.74. The van der Waals surface area contributed by atoms with Crippen molar-refractivity contribution in [1.82, 2.24) is 9.55 Å². The van der Waals surface area contributed by atoms with E-state index < -0.39 is 0 Å². The number of nitrogens with zero attached hydrogens (tertiary/aromatic N) is 1. The van der Waals surface area contributed by atoms with E-state index in [1.807, 2.05) is 18.2 Å². The highest BCUT2D eigenvalue weighted by molar-refractivity contribution is 7.71. The van der Waals surface area contributed by atoms with E-state index in [2.05, 4.69) is 41.4 Å². The molecule has 1 saturated carbocycles. The van der Waals surface area contributed by atoms with Crippen molar-refractivity contribution in [2.45, 2.75) is 56.9 Å². The zero-order valence-corrected chi connectivity index (χ0v) is 17.4. The maximum Gasteiger partial charge on any atom is 0.258 e. The molecule has 2 aliphatic carbocycles. The van der Waals surface area contributed by atoms with Crippen molar-refractivity contribution in [2.75, 3.05) is 0 Å². The number of hydrogen-bond acceptors (Lipinski definition) is 2. The molecule has 4 heteroatoms. The Bertz CT molecular complexity index is 1150. The van der Waals surface area contributed by atoms with E-state index in [1.54, 1.807) is 4.57 Å². The van der Waals surface area contributed by atoms with Crippen LogP contribution >= 0.6 is 12.2 Å². The molecule has 5 rings (SSSR count). The maximum atomic E-state index is 13.8. The van der Waals surface area contributed by atoms with Gasteiger partial charge in [-0.15, -0.1) is 0 Å². The first-order valence-corrected chi connectivity index (χ1v) is 11.1. The molecule has 0 aliphatic heterocycles. The number of H-pyrrole nitrogens is 1. The Morgan fingerprint density at radius 1 is 0.966 bits per heavy atom. The fourth-order valence-corrected chi connectivity index (χ4v) is 5.66. The van der Waals surface area contributed by atoms with Crippen molar-refractivity contribution in [3.05, 3.63) is 86.4 Å². The zero-order valence-electron chi connectivity index (χ0n) is 16.6. The van der Waals surface area contributed by atoms with Crippen molar-refractivity contribution >= 4 is 12.2 Å². The average molecular weight is 403 g/mol. The Morgan fingerprint density at radius 2 is 1.69 bits per heavy atom. The van der Waals surface area contributed by atoms with Crippen LogP contribution in [-0.4, -0.2) is 9.55 Å². The van der Waals surface area contributed by atoms with Gasteiger partial charge in [-0.25, -0.2) is 0 Å². The van der Waals surface area contributed by atoms with Crippen molar-refractivity contribution in [1.29, 1.82) is 0 Å². The lowest BCUT2D eigenvalue weighted by atomic mass is 9.62. The van der Waals surface area contributed by atoms with Gasteiger partial charge >= 0.3 is 0 Å². The molecule has 0 amide bonds. The summed E-state index contributed by atoms with van der Waals surface area (Å²) in [6.45, 7) is 0.614. The summed E-state index contributed by atoms with van der Waals surface area (Å²) in [6.07, 6.45) is 7.61. The highest BCUT2D eigenvalue weighted by Gasteiger charge is 2.42. The Hall–Kier alpha value is -2.46. The third-order valence-electron chi connectivity index (χ3n) is 6.81. The Kier molecular flexibility index (Phi) is 4.75. The van der Waals surface area contributed by atoms with Gasteiger partial charge in [-0.1, -0.05) is 73.9 Å².